The first-order chi connectivity index (χ1) is 7.67. The Bertz CT molecular complexity index is 409. The molecule has 1 rings (SSSR count). The molecule has 84 valence electrons. The van der Waals surface area contributed by atoms with Gasteiger partial charge in [0.15, 0.2) is 0 Å². The molecule has 0 unspecified atom stereocenters. The Balaban J connectivity index is 2.66. The van der Waals surface area contributed by atoms with E-state index in [0.717, 1.165) is 6.42 Å². The summed E-state index contributed by atoms with van der Waals surface area (Å²) in [6.07, 6.45) is 1.52. The fourth-order valence-corrected chi connectivity index (χ4v) is 1.34. The lowest BCUT2D eigenvalue weighted by molar-refractivity contribution is -0.117. The van der Waals surface area contributed by atoms with E-state index in [4.69, 9.17) is 11.0 Å². The highest BCUT2D eigenvalue weighted by molar-refractivity contribution is 5.94. The smallest absolute Gasteiger partial charge is 0.241 e. The number of hydrogen-bond donors (Lipinski definition) is 2. The van der Waals surface area contributed by atoms with Gasteiger partial charge in [-0.2, -0.15) is 5.26 Å². The van der Waals surface area contributed by atoms with Crippen LogP contribution in [-0.4, -0.2) is 11.9 Å². The minimum absolute atomic E-state index is 0.211. The van der Waals surface area contributed by atoms with Crippen molar-refractivity contribution in [1.82, 2.24) is 0 Å². The number of benzene rings is 1. The molecule has 1 aromatic carbocycles. The minimum atomic E-state index is -0.490. The summed E-state index contributed by atoms with van der Waals surface area (Å²) in [5.41, 5.74) is 6.79. The van der Waals surface area contributed by atoms with Crippen LogP contribution in [0.15, 0.2) is 24.3 Å². The first-order valence-corrected chi connectivity index (χ1v) is 5.24. The van der Waals surface area contributed by atoms with Crippen LogP contribution in [0, 0.1) is 11.3 Å². The van der Waals surface area contributed by atoms with E-state index in [1.807, 2.05) is 13.0 Å². The molecule has 3 N–H and O–H groups in total. The molecular weight excluding hydrogens is 202 g/mol. The van der Waals surface area contributed by atoms with Crippen LogP contribution in [0.4, 0.5) is 5.69 Å². The fraction of sp³-hybridized carbons (Fsp3) is 0.333. The molecule has 0 saturated heterocycles. The molecule has 0 aliphatic carbocycles. The molecule has 0 aromatic heterocycles. The van der Waals surface area contributed by atoms with Crippen LogP contribution < -0.4 is 11.1 Å². The molecule has 0 fully saturated rings. The molecule has 0 saturated carbocycles. The van der Waals surface area contributed by atoms with Gasteiger partial charge in [0.25, 0.3) is 0 Å². The normalized spacial score (nSPS) is 11.6. The molecule has 0 aliphatic heterocycles. The van der Waals surface area contributed by atoms with Crippen LogP contribution in [0.25, 0.3) is 0 Å². The van der Waals surface area contributed by atoms with Crippen molar-refractivity contribution in [1.29, 1.82) is 5.26 Å². The third-order valence-corrected chi connectivity index (χ3v) is 2.20. The van der Waals surface area contributed by atoms with Crippen molar-refractivity contribution in [3.05, 3.63) is 29.8 Å². The van der Waals surface area contributed by atoms with E-state index in [1.54, 1.807) is 24.3 Å². The maximum Gasteiger partial charge on any atom is 0.241 e. The number of amides is 1. The van der Waals surface area contributed by atoms with Crippen LogP contribution in [0.2, 0.25) is 0 Å². The molecule has 0 radical (unpaired) electrons. The van der Waals surface area contributed by atoms with Gasteiger partial charge < -0.3 is 11.1 Å². The van der Waals surface area contributed by atoms with Gasteiger partial charge in [-0.05, 0) is 24.6 Å². The van der Waals surface area contributed by atoms with E-state index in [1.165, 1.54) is 0 Å². The second-order valence-corrected chi connectivity index (χ2v) is 3.58. The number of nitrogens with one attached hydrogen (secondary N) is 1. The second-order valence-electron chi connectivity index (χ2n) is 3.58. The number of rotatable bonds is 4. The summed E-state index contributed by atoms with van der Waals surface area (Å²) in [6, 6.07) is 8.28. The number of nitrogens with two attached hydrogens (primary N) is 1. The third-order valence-electron chi connectivity index (χ3n) is 2.20. The summed E-state index contributed by atoms with van der Waals surface area (Å²) in [7, 11) is 0. The number of nitriles is 1. The monoisotopic (exact) mass is 217 g/mol. The molecule has 1 aromatic rings. The first kappa shape index (κ1) is 12.2. The highest BCUT2D eigenvalue weighted by Gasteiger charge is 2.12. The summed E-state index contributed by atoms with van der Waals surface area (Å²) in [4.78, 5) is 11.6. The summed E-state index contributed by atoms with van der Waals surface area (Å²) in [5.74, 6) is -0.211. The molecule has 16 heavy (non-hydrogen) atoms. The van der Waals surface area contributed by atoms with E-state index >= 15 is 0 Å². The molecule has 0 heterocycles. The standard InChI is InChI=1S/C12H15N3O/c1-2-4-11(14)12(16)15-10-6-3-5-9(7-10)8-13/h3,5-7,11H,2,4,14H2,1H3,(H,15,16)/t11-/m0/s1. The molecule has 1 atom stereocenters. The highest BCUT2D eigenvalue weighted by Crippen LogP contribution is 2.10. The first-order valence-electron chi connectivity index (χ1n) is 5.24. The van der Waals surface area contributed by atoms with Gasteiger partial charge >= 0.3 is 0 Å². The zero-order valence-corrected chi connectivity index (χ0v) is 9.23. The lowest BCUT2D eigenvalue weighted by Crippen LogP contribution is -2.35. The van der Waals surface area contributed by atoms with E-state index in [2.05, 4.69) is 5.32 Å². The maximum atomic E-state index is 11.6. The Hall–Kier alpha value is -1.86. The predicted octanol–water partition coefficient (Wildman–Crippen LogP) is 1.62. The average Bonchev–Trinajstić information content (AvgIpc) is 2.29. The summed E-state index contributed by atoms with van der Waals surface area (Å²) in [6.45, 7) is 1.98. The van der Waals surface area contributed by atoms with Gasteiger partial charge in [0, 0.05) is 5.69 Å². The van der Waals surface area contributed by atoms with Crippen LogP contribution >= 0.6 is 0 Å². The van der Waals surface area contributed by atoms with Crippen LogP contribution in [0.1, 0.15) is 25.3 Å². The second kappa shape index (κ2) is 5.89. The Morgan fingerprint density at radius 2 is 2.38 bits per heavy atom. The van der Waals surface area contributed by atoms with Crippen molar-refractivity contribution in [2.24, 2.45) is 5.73 Å². The zero-order chi connectivity index (χ0) is 12.0. The van der Waals surface area contributed by atoms with Gasteiger partial charge in [0.2, 0.25) is 5.91 Å². The van der Waals surface area contributed by atoms with Crippen molar-refractivity contribution in [3.63, 3.8) is 0 Å². The van der Waals surface area contributed by atoms with Gasteiger partial charge in [-0.1, -0.05) is 19.4 Å². The molecule has 0 aliphatic rings. The van der Waals surface area contributed by atoms with Crippen molar-refractivity contribution in [3.8, 4) is 6.07 Å². The fourth-order valence-electron chi connectivity index (χ4n) is 1.34. The zero-order valence-electron chi connectivity index (χ0n) is 9.23. The van der Waals surface area contributed by atoms with Gasteiger partial charge in [0.1, 0.15) is 0 Å². The summed E-state index contributed by atoms with van der Waals surface area (Å²) in [5, 5.41) is 11.4. The largest absolute Gasteiger partial charge is 0.325 e. The van der Waals surface area contributed by atoms with Crippen molar-refractivity contribution >= 4 is 11.6 Å². The Labute approximate surface area is 95.1 Å². The molecular formula is C12H15N3O. The SMILES string of the molecule is CCC[C@H](N)C(=O)Nc1cccc(C#N)c1. The van der Waals surface area contributed by atoms with E-state index in [-0.39, 0.29) is 5.91 Å². The Morgan fingerprint density at radius 1 is 1.62 bits per heavy atom. The summed E-state index contributed by atoms with van der Waals surface area (Å²) >= 11 is 0. The Morgan fingerprint density at radius 3 is 3.00 bits per heavy atom. The molecule has 1 amide bonds. The number of carbonyl (C=O) groups excluding carboxylic acids is 1. The van der Waals surface area contributed by atoms with Gasteiger partial charge in [-0.25, -0.2) is 0 Å². The van der Waals surface area contributed by atoms with Crippen LogP contribution in [0.3, 0.4) is 0 Å². The number of anilines is 1. The van der Waals surface area contributed by atoms with Gasteiger partial charge in [-0.3, -0.25) is 4.79 Å². The summed E-state index contributed by atoms with van der Waals surface area (Å²) < 4.78 is 0. The highest BCUT2D eigenvalue weighted by atomic mass is 16.2. The minimum Gasteiger partial charge on any atom is -0.325 e. The third kappa shape index (κ3) is 3.37. The van der Waals surface area contributed by atoms with Crippen LogP contribution in [-0.2, 0) is 4.79 Å². The van der Waals surface area contributed by atoms with E-state index in [0.29, 0.717) is 17.7 Å². The quantitative estimate of drug-likeness (QED) is 0.804. The number of carbonyl (C=O) groups is 1. The van der Waals surface area contributed by atoms with E-state index in [9.17, 15) is 4.79 Å². The van der Waals surface area contributed by atoms with Crippen molar-refractivity contribution < 1.29 is 4.79 Å². The van der Waals surface area contributed by atoms with Gasteiger partial charge in [0.05, 0.1) is 17.7 Å². The molecule has 4 heteroatoms. The predicted molar refractivity (Wildman–Crippen MR) is 62.7 cm³/mol. The van der Waals surface area contributed by atoms with Crippen molar-refractivity contribution in [2.75, 3.05) is 5.32 Å². The lowest BCUT2D eigenvalue weighted by atomic mass is 10.1. The number of nitrogens with zero attached hydrogens (tertiary/aromatic N) is 1. The number of hydrogen-bond acceptors (Lipinski definition) is 3. The van der Waals surface area contributed by atoms with Crippen molar-refractivity contribution in [2.45, 2.75) is 25.8 Å². The topological polar surface area (TPSA) is 78.9 Å². The lowest BCUT2D eigenvalue weighted by Gasteiger charge is -2.11. The van der Waals surface area contributed by atoms with Crippen LogP contribution in [0.5, 0.6) is 0 Å². The van der Waals surface area contributed by atoms with Gasteiger partial charge in [-0.15, -0.1) is 0 Å². The molecule has 4 nitrogen and oxygen atoms in total. The maximum absolute atomic E-state index is 11.6. The molecule has 0 bridgehead atoms. The Kier molecular flexibility index (Phi) is 4.49. The average molecular weight is 217 g/mol. The molecule has 0 spiro atoms. The van der Waals surface area contributed by atoms with E-state index < -0.39 is 6.04 Å².